The molecule has 0 fully saturated rings. The first-order valence-electron chi connectivity index (χ1n) is 8.26. The average molecular weight is 297 g/mol. The fourth-order valence-electron chi connectivity index (χ4n) is 2.09. The molecule has 1 N–H and O–H groups in total. The molecule has 0 aromatic carbocycles. The normalized spacial score (nSPS) is 10.1. The predicted octanol–water partition coefficient (Wildman–Crippen LogP) is 3.75. The van der Waals surface area contributed by atoms with Gasteiger partial charge in [0.1, 0.15) is 6.61 Å². The minimum Gasteiger partial charge on any atom is -0.461 e. The lowest BCUT2D eigenvalue weighted by molar-refractivity contribution is -0.138. The van der Waals surface area contributed by atoms with E-state index in [4.69, 9.17) is 4.74 Å². The highest BCUT2D eigenvalue weighted by Crippen LogP contribution is 2.10. The Kier molecular flexibility index (Phi) is 14.1. The molecule has 0 aliphatic rings. The van der Waals surface area contributed by atoms with Crippen LogP contribution in [0.2, 0.25) is 0 Å². The van der Waals surface area contributed by atoms with E-state index in [1.807, 2.05) is 0 Å². The molecule has 0 aromatic heterocycles. The molecule has 122 valence electrons. The Morgan fingerprint density at radius 1 is 1.00 bits per heavy atom. The van der Waals surface area contributed by atoms with Crippen molar-refractivity contribution in [3.05, 3.63) is 12.7 Å². The molecule has 0 aromatic rings. The van der Waals surface area contributed by atoms with E-state index >= 15 is 0 Å². The summed E-state index contributed by atoms with van der Waals surface area (Å²) in [6, 6.07) is 0. The molecule has 0 atom stereocenters. The molecule has 0 aliphatic carbocycles. The van der Waals surface area contributed by atoms with Gasteiger partial charge in [0, 0.05) is 12.5 Å². The van der Waals surface area contributed by atoms with Gasteiger partial charge in [-0.1, -0.05) is 64.9 Å². The van der Waals surface area contributed by atoms with E-state index in [1.165, 1.54) is 44.9 Å². The lowest BCUT2D eigenvalue weighted by Crippen LogP contribution is -2.27. The average Bonchev–Trinajstić information content (AvgIpc) is 2.49. The Bertz CT molecular complexity index is 290. The van der Waals surface area contributed by atoms with E-state index in [0.717, 1.165) is 18.9 Å². The highest BCUT2D eigenvalue weighted by Gasteiger charge is 2.01. The molecule has 0 unspecified atom stereocenters. The van der Waals surface area contributed by atoms with Gasteiger partial charge in [-0.3, -0.25) is 4.79 Å². The number of carbonyl (C=O) groups is 2. The minimum absolute atomic E-state index is 0.0348. The van der Waals surface area contributed by atoms with Gasteiger partial charge >= 0.3 is 5.97 Å². The molecule has 4 heteroatoms. The molecule has 0 radical (unpaired) electrons. The van der Waals surface area contributed by atoms with Gasteiger partial charge in [-0.15, -0.1) is 0 Å². The maximum absolute atomic E-state index is 11.5. The van der Waals surface area contributed by atoms with Crippen LogP contribution < -0.4 is 5.32 Å². The zero-order valence-electron chi connectivity index (χ0n) is 13.5. The zero-order chi connectivity index (χ0) is 15.8. The van der Waals surface area contributed by atoms with Crippen molar-refractivity contribution in [2.75, 3.05) is 13.2 Å². The topological polar surface area (TPSA) is 55.4 Å². The SMILES string of the molecule is C=CC(=O)OCCNC(=O)CCCCCCCCCCC. The molecule has 1 amide bonds. The van der Waals surface area contributed by atoms with Crippen molar-refractivity contribution in [1.82, 2.24) is 5.32 Å². The number of carbonyl (C=O) groups excluding carboxylic acids is 2. The molecule has 0 aliphatic heterocycles. The molecule has 0 bridgehead atoms. The summed E-state index contributed by atoms with van der Waals surface area (Å²) in [5.41, 5.74) is 0. The number of amides is 1. The molecule has 4 nitrogen and oxygen atoms in total. The fraction of sp³-hybridized carbons (Fsp3) is 0.765. The van der Waals surface area contributed by atoms with Gasteiger partial charge in [-0.25, -0.2) is 4.79 Å². The van der Waals surface area contributed by atoms with Crippen molar-refractivity contribution < 1.29 is 14.3 Å². The van der Waals surface area contributed by atoms with Crippen LogP contribution in [0.1, 0.15) is 71.1 Å². The van der Waals surface area contributed by atoms with Crippen LogP contribution in [0.4, 0.5) is 0 Å². The first-order valence-corrected chi connectivity index (χ1v) is 8.26. The molecule has 21 heavy (non-hydrogen) atoms. The zero-order valence-corrected chi connectivity index (χ0v) is 13.5. The number of rotatable bonds is 14. The summed E-state index contributed by atoms with van der Waals surface area (Å²) < 4.78 is 4.77. The van der Waals surface area contributed by atoms with Crippen LogP contribution in [0, 0.1) is 0 Å². The van der Waals surface area contributed by atoms with Crippen LogP contribution in [0.15, 0.2) is 12.7 Å². The predicted molar refractivity (Wildman–Crippen MR) is 86.0 cm³/mol. The summed E-state index contributed by atoms with van der Waals surface area (Å²) in [5.74, 6) is -0.421. The third kappa shape index (κ3) is 14.9. The first-order chi connectivity index (χ1) is 10.2. The molecule has 0 saturated carbocycles. The molecule has 0 heterocycles. The largest absolute Gasteiger partial charge is 0.461 e. The van der Waals surface area contributed by atoms with Gasteiger partial charge in [-0.2, -0.15) is 0 Å². The van der Waals surface area contributed by atoms with Crippen molar-refractivity contribution in [3.63, 3.8) is 0 Å². The summed E-state index contributed by atoms with van der Waals surface area (Å²) in [7, 11) is 0. The number of esters is 1. The van der Waals surface area contributed by atoms with E-state index in [9.17, 15) is 9.59 Å². The lowest BCUT2D eigenvalue weighted by atomic mass is 10.1. The number of nitrogens with one attached hydrogen (secondary N) is 1. The number of ether oxygens (including phenoxy) is 1. The Labute approximate surface area is 129 Å². The highest BCUT2D eigenvalue weighted by molar-refractivity contribution is 5.81. The Morgan fingerprint density at radius 2 is 1.57 bits per heavy atom. The molecule has 0 rings (SSSR count). The van der Waals surface area contributed by atoms with Gasteiger partial charge < -0.3 is 10.1 Å². The van der Waals surface area contributed by atoms with Crippen molar-refractivity contribution in [1.29, 1.82) is 0 Å². The van der Waals surface area contributed by atoms with Gasteiger partial charge in [-0.05, 0) is 6.42 Å². The number of hydrogen-bond acceptors (Lipinski definition) is 3. The van der Waals surface area contributed by atoms with E-state index in [-0.39, 0.29) is 12.5 Å². The Hall–Kier alpha value is -1.32. The molecular weight excluding hydrogens is 266 g/mol. The summed E-state index contributed by atoms with van der Waals surface area (Å²) in [5, 5.41) is 2.74. The second-order valence-electron chi connectivity index (χ2n) is 5.30. The fourth-order valence-corrected chi connectivity index (χ4v) is 2.09. The molecule has 0 saturated heterocycles. The number of unbranched alkanes of at least 4 members (excludes halogenated alkanes) is 8. The minimum atomic E-state index is -0.455. The van der Waals surface area contributed by atoms with Gasteiger partial charge in [0.15, 0.2) is 0 Å². The van der Waals surface area contributed by atoms with Crippen LogP contribution in [0.25, 0.3) is 0 Å². The van der Waals surface area contributed by atoms with Gasteiger partial charge in [0.2, 0.25) is 5.91 Å². The Morgan fingerprint density at radius 3 is 2.14 bits per heavy atom. The first kappa shape index (κ1) is 19.7. The third-order valence-electron chi connectivity index (χ3n) is 3.34. The highest BCUT2D eigenvalue weighted by atomic mass is 16.5. The van der Waals surface area contributed by atoms with Gasteiger partial charge in [0.05, 0.1) is 6.54 Å². The second-order valence-corrected chi connectivity index (χ2v) is 5.30. The van der Waals surface area contributed by atoms with Crippen molar-refractivity contribution in [2.45, 2.75) is 71.1 Å². The van der Waals surface area contributed by atoms with E-state index < -0.39 is 5.97 Å². The monoisotopic (exact) mass is 297 g/mol. The number of hydrogen-bond donors (Lipinski definition) is 1. The standard InChI is InChI=1S/C17H31NO3/c1-3-5-6-7-8-9-10-11-12-13-16(19)18-14-15-21-17(20)4-2/h4H,2-3,5-15H2,1H3,(H,18,19). The smallest absolute Gasteiger partial charge is 0.330 e. The van der Waals surface area contributed by atoms with Crippen LogP contribution in [0.3, 0.4) is 0 Å². The summed E-state index contributed by atoms with van der Waals surface area (Å²) in [6.45, 7) is 6.10. The van der Waals surface area contributed by atoms with E-state index in [1.54, 1.807) is 0 Å². The maximum atomic E-state index is 11.5. The third-order valence-corrected chi connectivity index (χ3v) is 3.34. The second kappa shape index (κ2) is 15.1. The Balaban J connectivity index is 3.23. The summed E-state index contributed by atoms with van der Waals surface area (Å²) in [4.78, 5) is 22.3. The van der Waals surface area contributed by atoms with Crippen LogP contribution in [-0.4, -0.2) is 25.0 Å². The van der Waals surface area contributed by atoms with Crippen molar-refractivity contribution in [2.24, 2.45) is 0 Å². The summed E-state index contributed by atoms with van der Waals surface area (Å²) in [6.07, 6.45) is 12.9. The van der Waals surface area contributed by atoms with Crippen molar-refractivity contribution >= 4 is 11.9 Å². The maximum Gasteiger partial charge on any atom is 0.330 e. The molecule has 0 spiro atoms. The van der Waals surface area contributed by atoms with Crippen LogP contribution >= 0.6 is 0 Å². The quantitative estimate of drug-likeness (QED) is 0.302. The van der Waals surface area contributed by atoms with Crippen LogP contribution in [0.5, 0.6) is 0 Å². The van der Waals surface area contributed by atoms with Crippen LogP contribution in [-0.2, 0) is 14.3 Å². The lowest BCUT2D eigenvalue weighted by Gasteiger charge is -2.05. The van der Waals surface area contributed by atoms with E-state index in [2.05, 4.69) is 18.8 Å². The van der Waals surface area contributed by atoms with E-state index in [0.29, 0.717) is 13.0 Å². The van der Waals surface area contributed by atoms with Gasteiger partial charge in [0.25, 0.3) is 0 Å². The summed E-state index contributed by atoms with van der Waals surface area (Å²) >= 11 is 0. The van der Waals surface area contributed by atoms with Crippen molar-refractivity contribution in [3.8, 4) is 0 Å². The molecular formula is C17H31NO3.